The van der Waals surface area contributed by atoms with Crippen LogP contribution in [0.2, 0.25) is 0 Å². The van der Waals surface area contributed by atoms with Gasteiger partial charge < -0.3 is 5.73 Å². The van der Waals surface area contributed by atoms with Gasteiger partial charge in [-0.3, -0.25) is 4.90 Å². The summed E-state index contributed by atoms with van der Waals surface area (Å²) in [5.74, 6) is -1.15. The largest absolute Gasteiger partial charge is 0.322 e. The van der Waals surface area contributed by atoms with Crippen LogP contribution in [-0.2, 0) is 0 Å². The van der Waals surface area contributed by atoms with Gasteiger partial charge in [0.2, 0.25) is 0 Å². The van der Waals surface area contributed by atoms with E-state index in [9.17, 15) is 8.78 Å². The van der Waals surface area contributed by atoms with E-state index in [-0.39, 0.29) is 5.54 Å². The molecule has 0 amide bonds. The highest BCUT2D eigenvalue weighted by atomic mass is 19.1. The molecule has 0 aromatic heterocycles. The molecule has 0 aliphatic rings. The molecule has 1 rings (SSSR count). The fourth-order valence-corrected chi connectivity index (χ4v) is 3.25. The number of likely N-dealkylation sites (N-methyl/N-ethyl adjacent to an activating group) is 1. The maximum absolute atomic E-state index is 13.4. The molecule has 1 atom stereocenters. The Hall–Kier alpha value is -1.00. The summed E-state index contributed by atoms with van der Waals surface area (Å²) < 4.78 is 26.9. The van der Waals surface area contributed by atoms with Gasteiger partial charge in [-0.2, -0.15) is 0 Å². The summed E-state index contributed by atoms with van der Waals surface area (Å²) in [7, 11) is 0. The van der Waals surface area contributed by atoms with Crippen molar-refractivity contribution in [1.82, 2.24) is 4.90 Å². The lowest BCUT2D eigenvalue weighted by atomic mass is 9.79. The Kier molecular flexibility index (Phi) is 6.08. The number of nitrogens with two attached hydrogens (primary N) is 1. The van der Waals surface area contributed by atoms with Gasteiger partial charge in [0.1, 0.15) is 11.6 Å². The fourth-order valence-electron chi connectivity index (χ4n) is 3.25. The smallest absolute Gasteiger partial charge is 0.126 e. The molecule has 2 nitrogen and oxygen atoms in total. The summed E-state index contributed by atoms with van der Waals surface area (Å²) in [5, 5.41) is 0. The van der Waals surface area contributed by atoms with Crippen molar-refractivity contribution < 1.29 is 8.78 Å². The molecule has 4 heteroatoms. The Morgan fingerprint density at radius 1 is 1.00 bits per heavy atom. The van der Waals surface area contributed by atoms with E-state index in [1.807, 2.05) is 0 Å². The first-order chi connectivity index (χ1) is 9.44. The second kappa shape index (κ2) is 7.14. The summed E-state index contributed by atoms with van der Waals surface area (Å²) in [5.41, 5.74) is 6.66. The van der Waals surface area contributed by atoms with Crippen molar-refractivity contribution in [1.29, 1.82) is 0 Å². The van der Waals surface area contributed by atoms with E-state index in [4.69, 9.17) is 5.73 Å². The monoisotopic (exact) mass is 284 g/mol. The van der Waals surface area contributed by atoms with Gasteiger partial charge in [-0.05, 0) is 43.6 Å². The molecule has 0 radical (unpaired) electrons. The van der Waals surface area contributed by atoms with Crippen molar-refractivity contribution >= 4 is 0 Å². The van der Waals surface area contributed by atoms with Gasteiger partial charge in [0.15, 0.2) is 0 Å². The second-order valence-corrected chi connectivity index (χ2v) is 5.16. The summed E-state index contributed by atoms with van der Waals surface area (Å²) >= 11 is 0. The molecule has 0 fully saturated rings. The molecule has 20 heavy (non-hydrogen) atoms. The van der Waals surface area contributed by atoms with Crippen LogP contribution in [-0.4, -0.2) is 23.5 Å². The summed E-state index contributed by atoms with van der Waals surface area (Å²) in [6, 6.07) is 3.16. The highest BCUT2D eigenvalue weighted by molar-refractivity contribution is 5.25. The maximum Gasteiger partial charge on any atom is 0.126 e. The quantitative estimate of drug-likeness (QED) is 0.823. The van der Waals surface area contributed by atoms with Gasteiger partial charge in [-0.1, -0.05) is 27.7 Å². The van der Waals surface area contributed by atoms with E-state index in [1.54, 1.807) is 0 Å². The van der Waals surface area contributed by atoms with E-state index in [0.29, 0.717) is 5.56 Å². The third kappa shape index (κ3) is 3.18. The van der Waals surface area contributed by atoms with Gasteiger partial charge in [0, 0.05) is 17.6 Å². The third-order valence-electron chi connectivity index (χ3n) is 4.44. The first-order valence-corrected chi connectivity index (χ1v) is 7.41. The van der Waals surface area contributed by atoms with Crippen LogP contribution in [0.4, 0.5) is 8.78 Å². The van der Waals surface area contributed by atoms with Gasteiger partial charge in [0.05, 0.1) is 0 Å². The maximum atomic E-state index is 13.4. The summed E-state index contributed by atoms with van der Waals surface area (Å²) in [4.78, 5) is 2.29. The average molecular weight is 284 g/mol. The minimum atomic E-state index is -0.573. The zero-order valence-corrected chi connectivity index (χ0v) is 12.9. The van der Waals surface area contributed by atoms with Gasteiger partial charge in [-0.25, -0.2) is 8.78 Å². The van der Waals surface area contributed by atoms with Gasteiger partial charge in [-0.15, -0.1) is 0 Å². The van der Waals surface area contributed by atoms with E-state index in [1.165, 1.54) is 12.1 Å². The first-order valence-electron chi connectivity index (χ1n) is 7.41. The number of hydrogen-bond donors (Lipinski definition) is 1. The molecule has 114 valence electrons. The Morgan fingerprint density at radius 2 is 1.45 bits per heavy atom. The van der Waals surface area contributed by atoms with E-state index < -0.39 is 17.7 Å². The minimum absolute atomic E-state index is 0.274. The van der Waals surface area contributed by atoms with Crippen molar-refractivity contribution in [3.05, 3.63) is 35.4 Å². The molecule has 2 N–H and O–H groups in total. The molecule has 0 bridgehead atoms. The highest BCUT2D eigenvalue weighted by Gasteiger charge is 2.38. The van der Waals surface area contributed by atoms with Crippen LogP contribution in [0, 0.1) is 11.6 Å². The molecule has 0 saturated carbocycles. The van der Waals surface area contributed by atoms with Crippen LogP contribution in [0.25, 0.3) is 0 Å². The van der Waals surface area contributed by atoms with Crippen LogP contribution >= 0.6 is 0 Å². The number of benzene rings is 1. The highest BCUT2D eigenvalue weighted by Crippen LogP contribution is 2.36. The molecular formula is C16H26F2N2. The van der Waals surface area contributed by atoms with Crippen molar-refractivity contribution in [2.75, 3.05) is 13.1 Å². The van der Waals surface area contributed by atoms with E-state index in [0.717, 1.165) is 32.0 Å². The lowest BCUT2D eigenvalue weighted by Crippen LogP contribution is -2.54. The zero-order valence-electron chi connectivity index (χ0n) is 12.9. The Morgan fingerprint density at radius 3 is 1.80 bits per heavy atom. The van der Waals surface area contributed by atoms with Crippen LogP contribution in [0.5, 0.6) is 0 Å². The van der Waals surface area contributed by atoms with E-state index in [2.05, 4.69) is 32.6 Å². The standard InChI is InChI=1S/C16H26F2N2/c1-5-16(6-2,20(7-3)8-4)15(19)12-9-13(17)11-14(18)10-12/h9-11,15H,5-8,19H2,1-4H3. The van der Waals surface area contributed by atoms with Crippen molar-refractivity contribution in [3.8, 4) is 0 Å². The van der Waals surface area contributed by atoms with Gasteiger partial charge >= 0.3 is 0 Å². The lowest BCUT2D eigenvalue weighted by Gasteiger charge is -2.46. The fraction of sp³-hybridized carbons (Fsp3) is 0.625. The van der Waals surface area contributed by atoms with Crippen molar-refractivity contribution in [2.24, 2.45) is 5.73 Å². The second-order valence-electron chi connectivity index (χ2n) is 5.16. The predicted octanol–water partition coefficient (Wildman–Crippen LogP) is 3.87. The molecular weight excluding hydrogens is 258 g/mol. The van der Waals surface area contributed by atoms with Crippen LogP contribution in [0.15, 0.2) is 18.2 Å². The Bertz CT molecular complexity index is 406. The van der Waals surface area contributed by atoms with Gasteiger partial charge in [0.25, 0.3) is 0 Å². The summed E-state index contributed by atoms with van der Waals surface area (Å²) in [6.07, 6.45) is 1.68. The van der Waals surface area contributed by atoms with Crippen molar-refractivity contribution in [3.63, 3.8) is 0 Å². The molecule has 1 aromatic carbocycles. The van der Waals surface area contributed by atoms with E-state index >= 15 is 0 Å². The molecule has 0 saturated heterocycles. The predicted molar refractivity (Wildman–Crippen MR) is 79.5 cm³/mol. The normalized spacial score (nSPS) is 13.8. The average Bonchev–Trinajstić information content (AvgIpc) is 2.43. The molecule has 0 spiro atoms. The molecule has 1 unspecified atom stereocenters. The lowest BCUT2D eigenvalue weighted by molar-refractivity contribution is 0.0623. The molecule has 0 heterocycles. The molecule has 0 aliphatic carbocycles. The van der Waals surface area contributed by atoms with Crippen LogP contribution in [0.3, 0.4) is 0 Å². The van der Waals surface area contributed by atoms with Crippen molar-refractivity contribution in [2.45, 2.75) is 52.1 Å². The van der Waals surface area contributed by atoms with Crippen LogP contribution < -0.4 is 5.73 Å². The number of nitrogens with zero attached hydrogens (tertiary/aromatic N) is 1. The summed E-state index contributed by atoms with van der Waals surface area (Å²) in [6.45, 7) is 10.1. The third-order valence-corrected chi connectivity index (χ3v) is 4.44. The molecule has 1 aromatic rings. The number of rotatable bonds is 7. The first kappa shape index (κ1) is 17.1. The molecule has 0 aliphatic heterocycles. The Labute approximate surface area is 121 Å². The number of halogens is 2. The zero-order chi connectivity index (χ0) is 15.3. The van der Waals surface area contributed by atoms with Crippen LogP contribution in [0.1, 0.15) is 52.1 Å². The minimum Gasteiger partial charge on any atom is -0.322 e. The topological polar surface area (TPSA) is 29.3 Å². The SMILES string of the molecule is CCN(CC)C(CC)(CC)C(N)c1cc(F)cc(F)c1. The Balaban J connectivity index is 3.26. The number of hydrogen-bond acceptors (Lipinski definition) is 2.